The van der Waals surface area contributed by atoms with Crippen LogP contribution >= 0.6 is 0 Å². The van der Waals surface area contributed by atoms with Gasteiger partial charge in [0, 0.05) is 18.2 Å². The molecule has 0 aromatic rings. The number of hydrogen-bond donors (Lipinski definition) is 2. The summed E-state index contributed by atoms with van der Waals surface area (Å²) in [5.74, 6) is -0.00245. The highest BCUT2D eigenvalue weighted by Gasteiger charge is 2.21. The van der Waals surface area contributed by atoms with E-state index in [1.807, 2.05) is 13.8 Å². The summed E-state index contributed by atoms with van der Waals surface area (Å²) in [7, 11) is 0. The highest BCUT2D eigenvalue weighted by molar-refractivity contribution is 5.88. The molecule has 3 heteroatoms. The molecular weight excluding hydrogens is 188 g/mol. The van der Waals surface area contributed by atoms with Crippen LogP contribution in [-0.4, -0.2) is 18.0 Å². The van der Waals surface area contributed by atoms with E-state index in [2.05, 4.69) is 5.32 Å². The Morgan fingerprint density at radius 2 is 1.93 bits per heavy atom. The molecular formula is C12H22N2O. The van der Waals surface area contributed by atoms with Gasteiger partial charge in [0.2, 0.25) is 5.91 Å². The summed E-state index contributed by atoms with van der Waals surface area (Å²) in [6.07, 6.45) is 7.28. The largest absolute Gasteiger partial charge is 0.348 e. The third-order valence-electron chi connectivity index (χ3n) is 2.82. The van der Waals surface area contributed by atoms with Crippen molar-refractivity contribution < 1.29 is 4.79 Å². The quantitative estimate of drug-likeness (QED) is 0.538. The molecule has 1 aliphatic rings. The molecule has 0 bridgehead atoms. The molecule has 1 amide bonds. The van der Waals surface area contributed by atoms with Crippen LogP contribution in [0.2, 0.25) is 0 Å². The van der Waals surface area contributed by atoms with Crippen LogP contribution in [0.15, 0.2) is 11.6 Å². The molecule has 2 atom stereocenters. The predicted molar refractivity (Wildman–Crippen MR) is 62.4 cm³/mol. The van der Waals surface area contributed by atoms with Crippen LogP contribution < -0.4 is 11.1 Å². The van der Waals surface area contributed by atoms with Crippen LogP contribution in [0.4, 0.5) is 0 Å². The van der Waals surface area contributed by atoms with Crippen molar-refractivity contribution in [3.8, 4) is 0 Å². The number of carbonyl (C=O) groups is 1. The van der Waals surface area contributed by atoms with Gasteiger partial charge in [0.25, 0.3) is 0 Å². The van der Waals surface area contributed by atoms with Crippen LogP contribution in [0.25, 0.3) is 0 Å². The van der Waals surface area contributed by atoms with E-state index < -0.39 is 0 Å². The van der Waals surface area contributed by atoms with Gasteiger partial charge in [0.05, 0.1) is 0 Å². The highest BCUT2D eigenvalue weighted by atomic mass is 16.1. The fourth-order valence-corrected chi connectivity index (χ4v) is 2.00. The lowest BCUT2D eigenvalue weighted by Crippen LogP contribution is -2.46. The van der Waals surface area contributed by atoms with E-state index in [1.165, 1.54) is 19.3 Å². The van der Waals surface area contributed by atoms with Crippen molar-refractivity contribution in [2.75, 3.05) is 0 Å². The lowest BCUT2D eigenvalue weighted by Gasteiger charge is -2.21. The van der Waals surface area contributed by atoms with Crippen LogP contribution in [-0.2, 0) is 4.79 Å². The first-order chi connectivity index (χ1) is 7.09. The Kier molecular flexibility index (Phi) is 4.82. The number of allylic oxidation sites excluding steroid dienone is 1. The number of carbonyl (C=O) groups excluding carboxylic acids is 1. The molecule has 0 radical (unpaired) electrons. The zero-order valence-electron chi connectivity index (χ0n) is 9.75. The summed E-state index contributed by atoms with van der Waals surface area (Å²) in [6.45, 7) is 3.85. The lowest BCUT2D eigenvalue weighted by molar-refractivity contribution is -0.117. The van der Waals surface area contributed by atoms with Gasteiger partial charge >= 0.3 is 0 Å². The SMILES string of the molecule is CC(C)=CC(=O)NC1CCCCCC1N. The average Bonchev–Trinajstić information content (AvgIpc) is 2.30. The molecule has 3 N–H and O–H groups in total. The van der Waals surface area contributed by atoms with Gasteiger partial charge in [-0.25, -0.2) is 0 Å². The summed E-state index contributed by atoms with van der Waals surface area (Å²) in [5.41, 5.74) is 7.05. The fourth-order valence-electron chi connectivity index (χ4n) is 2.00. The number of hydrogen-bond acceptors (Lipinski definition) is 2. The smallest absolute Gasteiger partial charge is 0.244 e. The number of rotatable bonds is 2. The van der Waals surface area contributed by atoms with Crippen molar-refractivity contribution >= 4 is 5.91 Å². The molecule has 0 heterocycles. The molecule has 15 heavy (non-hydrogen) atoms. The molecule has 1 saturated carbocycles. The van der Waals surface area contributed by atoms with E-state index in [0.29, 0.717) is 0 Å². The molecule has 2 unspecified atom stereocenters. The Morgan fingerprint density at radius 3 is 2.60 bits per heavy atom. The predicted octanol–water partition coefficient (Wildman–Crippen LogP) is 1.73. The minimum atomic E-state index is -0.00245. The van der Waals surface area contributed by atoms with Gasteiger partial charge < -0.3 is 11.1 Å². The maximum absolute atomic E-state index is 11.5. The Labute approximate surface area is 92.1 Å². The molecule has 1 aliphatic carbocycles. The Morgan fingerprint density at radius 1 is 1.27 bits per heavy atom. The average molecular weight is 210 g/mol. The molecule has 3 nitrogen and oxygen atoms in total. The number of nitrogens with one attached hydrogen (secondary N) is 1. The normalized spacial score (nSPS) is 26.6. The van der Waals surface area contributed by atoms with Crippen molar-refractivity contribution in [1.82, 2.24) is 5.32 Å². The Balaban J connectivity index is 2.48. The third kappa shape index (κ3) is 4.47. The molecule has 86 valence electrons. The van der Waals surface area contributed by atoms with Crippen LogP contribution in [0.3, 0.4) is 0 Å². The van der Waals surface area contributed by atoms with Crippen molar-refractivity contribution in [2.24, 2.45) is 5.73 Å². The van der Waals surface area contributed by atoms with Crippen molar-refractivity contribution in [2.45, 2.75) is 58.0 Å². The van der Waals surface area contributed by atoms with Gasteiger partial charge in [-0.15, -0.1) is 0 Å². The maximum Gasteiger partial charge on any atom is 0.244 e. The van der Waals surface area contributed by atoms with Gasteiger partial charge in [-0.1, -0.05) is 24.8 Å². The zero-order chi connectivity index (χ0) is 11.3. The van der Waals surface area contributed by atoms with E-state index in [9.17, 15) is 4.79 Å². The minimum Gasteiger partial charge on any atom is -0.348 e. The van der Waals surface area contributed by atoms with Gasteiger partial charge in [0.1, 0.15) is 0 Å². The second kappa shape index (κ2) is 5.91. The molecule has 0 saturated heterocycles. The van der Waals surface area contributed by atoms with E-state index in [1.54, 1.807) is 6.08 Å². The Hall–Kier alpha value is -0.830. The topological polar surface area (TPSA) is 55.1 Å². The first kappa shape index (κ1) is 12.2. The molecule has 1 rings (SSSR count). The fraction of sp³-hybridized carbons (Fsp3) is 0.750. The summed E-state index contributed by atoms with van der Waals surface area (Å²) in [4.78, 5) is 11.5. The molecule has 0 aliphatic heterocycles. The first-order valence-electron chi connectivity index (χ1n) is 5.80. The minimum absolute atomic E-state index is 0.00245. The monoisotopic (exact) mass is 210 g/mol. The standard InChI is InChI=1S/C12H22N2O/c1-9(2)8-12(15)14-11-7-5-3-4-6-10(11)13/h8,10-11H,3-7,13H2,1-2H3,(H,14,15). The molecule has 1 fully saturated rings. The summed E-state index contributed by atoms with van der Waals surface area (Å²) >= 11 is 0. The number of amides is 1. The third-order valence-corrected chi connectivity index (χ3v) is 2.82. The molecule has 0 spiro atoms. The van der Waals surface area contributed by atoms with Gasteiger partial charge in [-0.2, -0.15) is 0 Å². The van der Waals surface area contributed by atoms with E-state index in [4.69, 9.17) is 5.73 Å². The van der Waals surface area contributed by atoms with Crippen molar-refractivity contribution in [1.29, 1.82) is 0 Å². The van der Waals surface area contributed by atoms with E-state index in [-0.39, 0.29) is 18.0 Å². The summed E-state index contributed by atoms with van der Waals surface area (Å²) < 4.78 is 0. The van der Waals surface area contributed by atoms with Crippen LogP contribution in [0, 0.1) is 0 Å². The summed E-state index contributed by atoms with van der Waals surface area (Å²) in [5, 5.41) is 3.00. The second-order valence-electron chi connectivity index (χ2n) is 4.64. The Bertz CT molecular complexity index is 244. The van der Waals surface area contributed by atoms with E-state index >= 15 is 0 Å². The first-order valence-corrected chi connectivity index (χ1v) is 5.80. The summed E-state index contributed by atoms with van der Waals surface area (Å²) in [6, 6.07) is 0.289. The molecule has 0 aromatic heterocycles. The van der Waals surface area contributed by atoms with Crippen molar-refractivity contribution in [3.05, 3.63) is 11.6 Å². The lowest BCUT2D eigenvalue weighted by atomic mass is 10.0. The van der Waals surface area contributed by atoms with Crippen LogP contribution in [0.1, 0.15) is 46.0 Å². The van der Waals surface area contributed by atoms with Gasteiger partial charge in [0.15, 0.2) is 0 Å². The number of nitrogens with two attached hydrogens (primary N) is 1. The second-order valence-corrected chi connectivity index (χ2v) is 4.64. The van der Waals surface area contributed by atoms with Crippen molar-refractivity contribution in [3.63, 3.8) is 0 Å². The van der Waals surface area contributed by atoms with Crippen LogP contribution in [0.5, 0.6) is 0 Å². The van der Waals surface area contributed by atoms with E-state index in [0.717, 1.165) is 18.4 Å². The van der Waals surface area contributed by atoms with Gasteiger partial charge in [-0.05, 0) is 26.7 Å². The maximum atomic E-state index is 11.5. The zero-order valence-corrected chi connectivity index (χ0v) is 9.75. The van der Waals surface area contributed by atoms with Gasteiger partial charge in [-0.3, -0.25) is 4.79 Å². The molecule has 0 aromatic carbocycles. The highest BCUT2D eigenvalue weighted by Crippen LogP contribution is 2.16.